The monoisotopic (exact) mass is 267 g/mol. The van der Waals surface area contributed by atoms with Gasteiger partial charge in [0, 0.05) is 10.9 Å². The van der Waals surface area contributed by atoms with Gasteiger partial charge in [-0.3, -0.25) is 4.79 Å². The zero-order valence-corrected chi connectivity index (χ0v) is 12.0. The van der Waals surface area contributed by atoms with Crippen LogP contribution in [0.25, 0.3) is 0 Å². The van der Waals surface area contributed by atoms with Gasteiger partial charge in [0.1, 0.15) is 0 Å². The zero-order valence-electron chi connectivity index (χ0n) is 11.1. The number of aliphatic hydroxyl groups is 1. The number of hydrogen-bond acceptors (Lipinski definition) is 3. The van der Waals surface area contributed by atoms with Gasteiger partial charge in [-0.15, -0.1) is 11.8 Å². The Morgan fingerprint density at radius 1 is 1.44 bits per heavy atom. The number of carbonyl (C=O) groups excluding carboxylic acids is 1. The van der Waals surface area contributed by atoms with Crippen molar-refractivity contribution in [1.29, 1.82) is 0 Å². The Morgan fingerprint density at radius 2 is 2.17 bits per heavy atom. The standard InChI is InChI=1S/C14H21NO2S/c1-4-10(2)15-14(17)11(3)18-13-7-5-6-12(8-13)9-16/h5-8,10-11,16H,4,9H2,1-3H3,(H,15,17). The lowest BCUT2D eigenvalue weighted by atomic mass is 10.2. The largest absolute Gasteiger partial charge is 0.392 e. The molecule has 0 fully saturated rings. The summed E-state index contributed by atoms with van der Waals surface area (Å²) in [6.45, 7) is 5.98. The maximum atomic E-state index is 11.9. The molecule has 0 aliphatic heterocycles. The SMILES string of the molecule is CCC(C)NC(=O)C(C)Sc1cccc(CO)c1. The van der Waals surface area contributed by atoms with Crippen LogP contribution in [0.2, 0.25) is 0 Å². The number of hydrogen-bond donors (Lipinski definition) is 2. The van der Waals surface area contributed by atoms with Crippen LogP contribution in [0, 0.1) is 0 Å². The van der Waals surface area contributed by atoms with E-state index >= 15 is 0 Å². The highest BCUT2D eigenvalue weighted by Crippen LogP contribution is 2.24. The molecule has 0 aliphatic rings. The Labute approximate surface area is 113 Å². The van der Waals surface area contributed by atoms with Crippen LogP contribution in [0.15, 0.2) is 29.2 Å². The molecule has 1 rings (SSSR count). The van der Waals surface area contributed by atoms with E-state index in [2.05, 4.69) is 5.32 Å². The molecule has 2 N–H and O–H groups in total. The highest BCUT2D eigenvalue weighted by Gasteiger charge is 2.15. The molecule has 1 amide bonds. The number of carbonyl (C=O) groups is 1. The van der Waals surface area contributed by atoms with Crippen molar-refractivity contribution in [2.75, 3.05) is 0 Å². The van der Waals surface area contributed by atoms with E-state index in [0.29, 0.717) is 0 Å². The predicted octanol–water partition coefficient (Wildman–Crippen LogP) is 2.57. The van der Waals surface area contributed by atoms with Gasteiger partial charge in [0.05, 0.1) is 11.9 Å². The number of aliphatic hydroxyl groups excluding tert-OH is 1. The van der Waals surface area contributed by atoms with Crippen molar-refractivity contribution in [3.63, 3.8) is 0 Å². The first-order valence-electron chi connectivity index (χ1n) is 6.23. The van der Waals surface area contributed by atoms with Crippen molar-refractivity contribution in [3.05, 3.63) is 29.8 Å². The molecule has 18 heavy (non-hydrogen) atoms. The summed E-state index contributed by atoms with van der Waals surface area (Å²) in [6.07, 6.45) is 0.934. The number of amides is 1. The van der Waals surface area contributed by atoms with Crippen molar-refractivity contribution in [2.45, 2.75) is 50.0 Å². The average molecular weight is 267 g/mol. The van der Waals surface area contributed by atoms with Crippen LogP contribution in [-0.4, -0.2) is 22.3 Å². The summed E-state index contributed by atoms with van der Waals surface area (Å²) in [4.78, 5) is 12.9. The van der Waals surface area contributed by atoms with Gasteiger partial charge < -0.3 is 10.4 Å². The molecule has 2 unspecified atom stereocenters. The summed E-state index contributed by atoms with van der Waals surface area (Å²) >= 11 is 1.51. The Kier molecular flexibility index (Phi) is 6.22. The van der Waals surface area contributed by atoms with Crippen LogP contribution in [0.3, 0.4) is 0 Å². The third kappa shape index (κ3) is 4.70. The Bertz CT molecular complexity index is 395. The molecule has 0 radical (unpaired) electrons. The van der Waals surface area contributed by atoms with Gasteiger partial charge in [-0.1, -0.05) is 19.1 Å². The van der Waals surface area contributed by atoms with E-state index in [-0.39, 0.29) is 23.8 Å². The second-order valence-electron chi connectivity index (χ2n) is 4.38. The molecule has 0 aliphatic carbocycles. The summed E-state index contributed by atoms with van der Waals surface area (Å²) in [6, 6.07) is 7.85. The number of nitrogens with one attached hydrogen (secondary N) is 1. The van der Waals surface area contributed by atoms with Crippen LogP contribution in [0.4, 0.5) is 0 Å². The van der Waals surface area contributed by atoms with Gasteiger partial charge in [0.2, 0.25) is 5.91 Å². The fourth-order valence-corrected chi connectivity index (χ4v) is 2.40. The van der Waals surface area contributed by atoms with Gasteiger partial charge in [0.15, 0.2) is 0 Å². The quantitative estimate of drug-likeness (QED) is 0.779. The van der Waals surface area contributed by atoms with Crippen molar-refractivity contribution in [2.24, 2.45) is 0 Å². The number of benzene rings is 1. The van der Waals surface area contributed by atoms with Gasteiger partial charge in [0.25, 0.3) is 0 Å². The highest BCUT2D eigenvalue weighted by molar-refractivity contribution is 8.00. The average Bonchev–Trinajstić information content (AvgIpc) is 2.38. The van der Waals surface area contributed by atoms with Crippen LogP contribution in [0.5, 0.6) is 0 Å². The Morgan fingerprint density at radius 3 is 2.78 bits per heavy atom. The van der Waals surface area contributed by atoms with E-state index < -0.39 is 0 Å². The topological polar surface area (TPSA) is 49.3 Å². The lowest BCUT2D eigenvalue weighted by molar-refractivity contribution is -0.120. The maximum Gasteiger partial charge on any atom is 0.233 e. The first-order valence-corrected chi connectivity index (χ1v) is 7.11. The second kappa shape index (κ2) is 7.44. The molecule has 2 atom stereocenters. The molecule has 0 heterocycles. The third-order valence-electron chi connectivity index (χ3n) is 2.76. The zero-order chi connectivity index (χ0) is 13.5. The highest BCUT2D eigenvalue weighted by atomic mass is 32.2. The molecule has 0 spiro atoms. The lowest BCUT2D eigenvalue weighted by Gasteiger charge is -2.16. The van der Waals surface area contributed by atoms with Gasteiger partial charge in [-0.2, -0.15) is 0 Å². The fraction of sp³-hybridized carbons (Fsp3) is 0.500. The predicted molar refractivity (Wildman–Crippen MR) is 75.6 cm³/mol. The van der Waals surface area contributed by atoms with Crippen molar-refractivity contribution in [3.8, 4) is 0 Å². The van der Waals surface area contributed by atoms with E-state index in [4.69, 9.17) is 5.11 Å². The van der Waals surface area contributed by atoms with E-state index in [1.165, 1.54) is 11.8 Å². The summed E-state index contributed by atoms with van der Waals surface area (Å²) in [5.41, 5.74) is 0.870. The van der Waals surface area contributed by atoms with E-state index in [1.54, 1.807) is 0 Å². The molecule has 4 heteroatoms. The summed E-state index contributed by atoms with van der Waals surface area (Å²) in [5, 5.41) is 11.9. The summed E-state index contributed by atoms with van der Waals surface area (Å²) in [5.74, 6) is 0.0590. The van der Waals surface area contributed by atoms with Crippen molar-refractivity contribution >= 4 is 17.7 Å². The molecule has 0 aromatic heterocycles. The maximum absolute atomic E-state index is 11.9. The minimum absolute atomic E-state index is 0.0296. The lowest BCUT2D eigenvalue weighted by Crippen LogP contribution is -2.37. The fourth-order valence-electron chi connectivity index (χ4n) is 1.44. The van der Waals surface area contributed by atoms with E-state index in [9.17, 15) is 4.79 Å². The smallest absolute Gasteiger partial charge is 0.233 e. The van der Waals surface area contributed by atoms with E-state index in [1.807, 2.05) is 45.0 Å². The minimum Gasteiger partial charge on any atom is -0.392 e. The minimum atomic E-state index is -0.132. The molecule has 0 saturated heterocycles. The van der Waals surface area contributed by atoms with Crippen LogP contribution in [-0.2, 0) is 11.4 Å². The number of rotatable bonds is 6. The summed E-state index contributed by atoms with van der Waals surface area (Å²) < 4.78 is 0. The van der Waals surface area contributed by atoms with Crippen molar-refractivity contribution < 1.29 is 9.90 Å². The number of thioether (sulfide) groups is 1. The molecule has 100 valence electrons. The van der Waals surface area contributed by atoms with Gasteiger partial charge >= 0.3 is 0 Å². The molecule has 0 bridgehead atoms. The molecular formula is C14H21NO2S. The molecule has 3 nitrogen and oxygen atoms in total. The van der Waals surface area contributed by atoms with Gasteiger partial charge in [-0.05, 0) is 38.0 Å². The Balaban J connectivity index is 2.57. The first-order chi connectivity index (χ1) is 8.56. The van der Waals surface area contributed by atoms with E-state index in [0.717, 1.165) is 16.9 Å². The van der Waals surface area contributed by atoms with Gasteiger partial charge in [-0.25, -0.2) is 0 Å². The van der Waals surface area contributed by atoms with Crippen LogP contribution >= 0.6 is 11.8 Å². The normalized spacial score (nSPS) is 14.0. The second-order valence-corrected chi connectivity index (χ2v) is 5.80. The molecule has 0 saturated carbocycles. The summed E-state index contributed by atoms with van der Waals surface area (Å²) in [7, 11) is 0. The van der Waals surface area contributed by atoms with Crippen molar-refractivity contribution in [1.82, 2.24) is 5.32 Å². The first kappa shape index (κ1) is 15.1. The van der Waals surface area contributed by atoms with Crippen LogP contribution < -0.4 is 5.32 Å². The molecule has 1 aromatic rings. The Hall–Kier alpha value is -1.00. The molecule has 1 aromatic carbocycles. The molecular weight excluding hydrogens is 246 g/mol. The van der Waals surface area contributed by atoms with Crippen LogP contribution in [0.1, 0.15) is 32.8 Å². The third-order valence-corrected chi connectivity index (χ3v) is 3.86.